The number of rotatable bonds is 5. The summed E-state index contributed by atoms with van der Waals surface area (Å²) in [7, 11) is 2.08. The number of alkyl halides is 2. The van der Waals surface area contributed by atoms with Crippen LogP contribution < -0.4 is 5.32 Å². The molecule has 3 aromatic rings. The fraction of sp³-hybridized carbons (Fsp3) is 0.320. The number of likely N-dealkylation sites (tertiary alicyclic amines) is 1. The molecule has 1 aliphatic carbocycles. The number of fused-ring (bicyclic) bond motifs is 2. The van der Waals surface area contributed by atoms with Gasteiger partial charge >= 0.3 is 0 Å². The molecule has 1 saturated carbocycles. The third-order valence-corrected chi connectivity index (χ3v) is 6.97. The van der Waals surface area contributed by atoms with E-state index in [-0.39, 0.29) is 22.5 Å². The van der Waals surface area contributed by atoms with Crippen molar-refractivity contribution in [3.05, 3.63) is 58.6 Å². The predicted molar refractivity (Wildman–Crippen MR) is 129 cm³/mol. The summed E-state index contributed by atoms with van der Waals surface area (Å²) in [6.07, 6.45) is 2.18. The Morgan fingerprint density at radius 1 is 1.38 bits per heavy atom. The lowest BCUT2D eigenvalue weighted by molar-refractivity contribution is -0.120. The molecule has 34 heavy (non-hydrogen) atoms. The number of ketones is 1. The van der Waals surface area contributed by atoms with Crippen LogP contribution in [-0.4, -0.2) is 46.4 Å². The van der Waals surface area contributed by atoms with Gasteiger partial charge in [-0.3, -0.25) is 4.79 Å². The second-order valence-electron chi connectivity index (χ2n) is 8.92. The van der Waals surface area contributed by atoms with Gasteiger partial charge in [-0.2, -0.15) is 0 Å². The van der Waals surface area contributed by atoms with E-state index in [1.807, 2.05) is 0 Å². The third kappa shape index (κ3) is 4.34. The number of hydrogen-bond acceptors (Lipinski definition) is 5. The van der Waals surface area contributed by atoms with Crippen LogP contribution in [0, 0.1) is 29.0 Å². The maximum Gasteiger partial charge on any atom is 0.231 e. The van der Waals surface area contributed by atoms with Crippen molar-refractivity contribution in [2.24, 2.45) is 11.3 Å². The van der Waals surface area contributed by atoms with Crippen LogP contribution in [0.2, 0.25) is 5.02 Å². The van der Waals surface area contributed by atoms with E-state index in [2.05, 4.69) is 39.1 Å². The van der Waals surface area contributed by atoms with Crippen LogP contribution in [0.25, 0.3) is 10.9 Å². The fourth-order valence-electron chi connectivity index (χ4n) is 4.62. The van der Waals surface area contributed by atoms with Gasteiger partial charge in [-0.1, -0.05) is 41.1 Å². The van der Waals surface area contributed by atoms with Crippen LogP contribution in [0.3, 0.4) is 0 Å². The number of benzene rings is 2. The minimum atomic E-state index is -2.11. The lowest BCUT2D eigenvalue weighted by Crippen LogP contribution is -2.19. The molecular weight excluding hydrogens is 481 g/mol. The molecule has 2 aliphatic rings. The number of Topliss-reactive ketones (excluding diaryl/α,β-unsaturated/α-hetero) is 1. The van der Waals surface area contributed by atoms with Gasteiger partial charge in [-0.15, -0.1) is 0 Å². The van der Waals surface area contributed by atoms with E-state index in [0.29, 0.717) is 33.8 Å². The SMILES string of the molecule is CN1C[C@H]2C[C@@]2(C#Cc2cc3ncnc(Nc4cccc(Cl)c4F)c3cc2CC(=O)C(F)Cl)C1. The second-order valence-corrected chi connectivity index (χ2v) is 9.71. The van der Waals surface area contributed by atoms with Crippen LogP contribution in [0.4, 0.5) is 20.3 Å². The highest BCUT2D eigenvalue weighted by Crippen LogP contribution is 2.56. The maximum atomic E-state index is 14.4. The van der Waals surface area contributed by atoms with Crippen LogP contribution in [-0.2, 0) is 11.2 Å². The van der Waals surface area contributed by atoms with Crippen molar-refractivity contribution in [1.82, 2.24) is 14.9 Å². The van der Waals surface area contributed by atoms with Crippen LogP contribution in [0.1, 0.15) is 17.5 Å². The lowest BCUT2D eigenvalue weighted by atomic mass is 9.98. The lowest BCUT2D eigenvalue weighted by Gasteiger charge is -2.13. The molecule has 0 amide bonds. The molecule has 5 nitrogen and oxygen atoms in total. The number of piperidine rings is 1. The molecule has 0 bridgehead atoms. The number of nitrogens with zero attached hydrogens (tertiary/aromatic N) is 3. The Morgan fingerprint density at radius 2 is 2.21 bits per heavy atom. The molecular formula is C25H20Cl2F2N4O. The van der Waals surface area contributed by atoms with Crippen molar-refractivity contribution in [1.29, 1.82) is 0 Å². The highest BCUT2D eigenvalue weighted by molar-refractivity contribution is 6.31. The van der Waals surface area contributed by atoms with Crippen molar-refractivity contribution in [2.75, 3.05) is 25.5 Å². The van der Waals surface area contributed by atoms with Gasteiger partial charge in [0, 0.05) is 35.9 Å². The largest absolute Gasteiger partial charge is 0.337 e. The molecule has 5 rings (SSSR count). The van der Waals surface area contributed by atoms with Gasteiger partial charge < -0.3 is 10.2 Å². The molecule has 1 aromatic heterocycles. The molecule has 0 spiro atoms. The Balaban J connectivity index is 1.57. The summed E-state index contributed by atoms with van der Waals surface area (Å²) in [5.41, 5.74) is -0.345. The van der Waals surface area contributed by atoms with Crippen molar-refractivity contribution >= 4 is 51.4 Å². The molecule has 3 atom stereocenters. The zero-order valence-electron chi connectivity index (χ0n) is 18.2. The summed E-state index contributed by atoms with van der Waals surface area (Å²) < 4.78 is 27.9. The molecule has 1 unspecified atom stereocenters. The van der Waals surface area contributed by atoms with E-state index in [4.69, 9.17) is 23.2 Å². The Labute approximate surface area is 205 Å². The van der Waals surface area contributed by atoms with E-state index in [0.717, 1.165) is 19.5 Å². The highest BCUT2D eigenvalue weighted by atomic mass is 35.5. The number of halogens is 4. The number of nitrogens with one attached hydrogen (secondary N) is 1. The minimum Gasteiger partial charge on any atom is -0.337 e. The van der Waals surface area contributed by atoms with E-state index >= 15 is 0 Å². The van der Waals surface area contributed by atoms with Crippen LogP contribution in [0.15, 0.2) is 36.7 Å². The number of aromatic nitrogens is 2. The van der Waals surface area contributed by atoms with Gasteiger partial charge in [0.2, 0.25) is 5.63 Å². The average molecular weight is 501 g/mol. The van der Waals surface area contributed by atoms with E-state index in [1.165, 1.54) is 18.5 Å². The quantitative estimate of drug-likeness (QED) is 0.389. The topological polar surface area (TPSA) is 58.1 Å². The summed E-state index contributed by atoms with van der Waals surface area (Å²) in [5.74, 6) is 6.12. The van der Waals surface area contributed by atoms with Gasteiger partial charge in [0.15, 0.2) is 11.6 Å². The Morgan fingerprint density at radius 3 is 2.94 bits per heavy atom. The first-order chi connectivity index (χ1) is 16.3. The van der Waals surface area contributed by atoms with E-state index in [9.17, 15) is 13.6 Å². The smallest absolute Gasteiger partial charge is 0.231 e. The first kappa shape index (κ1) is 23.0. The monoisotopic (exact) mass is 500 g/mol. The zero-order valence-corrected chi connectivity index (χ0v) is 19.7. The number of carbonyl (C=O) groups is 1. The fourth-order valence-corrected chi connectivity index (χ4v) is 4.88. The molecule has 9 heteroatoms. The molecule has 174 valence electrons. The molecule has 1 N–H and O–H groups in total. The summed E-state index contributed by atoms with van der Waals surface area (Å²) >= 11 is 11.3. The standard InChI is InChI=1S/C25H20Cl2F2N4O/c1-33-11-16-10-25(16,12-33)6-5-14-8-20-17(7-15(14)9-21(34)23(27)29)24(31-13-30-20)32-19-4-2-3-18(26)22(19)28/h2-4,7-8,13,16,23H,9-12H2,1H3,(H,30,31,32)/t16-,23?,25+/m1/s1. The first-order valence-corrected chi connectivity index (χ1v) is 11.6. The minimum absolute atomic E-state index is 0.0252. The van der Waals surface area contributed by atoms with Crippen molar-refractivity contribution < 1.29 is 13.6 Å². The molecule has 2 aromatic carbocycles. The van der Waals surface area contributed by atoms with Crippen molar-refractivity contribution in [3.63, 3.8) is 0 Å². The number of hydrogen-bond donors (Lipinski definition) is 1. The summed E-state index contributed by atoms with van der Waals surface area (Å²) in [4.78, 5) is 23.0. The van der Waals surface area contributed by atoms with Crippen LogP contribution in [0.5, 0.6) is 0 Å². The van der Waals surface area contributed by atoms with Gasteiger partial charge in [-0.25, -0.2) is 18.7 Å². The number of carbonyl (C=O) groups excluding carboxylic acids is 1. The average Bonchev–Trinajstić information content (AvgIpc) is 3.36. The highest BCUT2D eigenvalue weighted by Gasteiger charge is 2.58. The molecule has 1 saturated heterocycles. The molecule has 1 aliphatic heterocycles. The van der Waals surface area contributed by atoms with E-state index in [1.54, 1.807) is 18.2 Å². The van der Waals surface area contributed by atoms with Gasteiger partial charge in [0.25, 0.3) is 0 Å². The Hall–Kier alpha value is -2.79. The maximum absolute atomic E-state index is 14.4. The van der Waals surface area contributed by atoms with Gasteiger partial charge in [-0.05, 0) is 49.2 Å². The predicted octanol–water partition coefficient (Wildman–Crippen LogP) is 5.12. The summed E-state index contributed by atoms with van der Waals surface area (Å²) in [6.45, 7) is 1.93. The van der Waals surface area contributed by atoms with Crippen LogP contribution >= 0.6 is 23.2 Å². The molecule has 2 heterocycles. The summed E-state index contributed by atoms with van der Waals surface area (Å²) in [5, 5.41) is 3.44. The normalized spacial score (nSPS) is 22.1. The molecule has 0 radical (unpaired) electrons. The Bertz CT molecular complexity index is 1370. The van der Waals surface area contributed by atoms with Gasteiger partial charge in [0.05, 0.1) is 16.2 Å². The first-order valence-electron chi connectivity index (χ1n) is 10.8. The van der Waals surface area contributed by atoms with Gasteiger partial charge in [0.1, 0.15) is 12.1 Å². The molecule has 2 fully saturated rings. The second kappa shape index (κ2) is 8.77. The number of anilines is 2. The van der Waals surface area contributed by atoms with Crippen molar-refractivity contribution in [3.8, 4) is 11.8 Å². The van der Waals surface area contributed by atoms with Crippen molar-refractivity contribution in [2.45, 2.75) is 18.5 Å². The Kier molecular flexibility index (Phi) is 5.93. The third-order valence-electron chi connectivity index (χ3n) is 6.44. The zero-order chi connectivity index (χ0) is 24.0. The van der Waals surface area contributed by atoms with E-state index < -0.39 is 17.2 Å². The summed E-state index contributed by atoms with van der Waals surface area (Å²) in [6, 6.07) is 8.03.